The molecule has 0 saturated heterocycles. The van der Waals surface area contributed by atoms with Crippen molar-refractivity contribution in [2.75, 3.05) is 6.54 Å². The van der Waals surface area contributed by atoms with Gasteiger partial charge in [-0.15, -0.1) is 0 Å². The van der Waals surface area contributed by atoms with Crippen molar-refractivity contribution in [1.29, 1.82) is 0 Å². The molecular weight excluding hydrogens is 312 g/mol. The molecule has 0 amide bonds. The number of benzene rings is 1. The van der Waals surface area contributed by atoms with Gasteiger partial charge >= 0.3 is 0 Å². The lowest BCUT2D eigenvalue weighted by Gasteiger charge is -2.12. The van der Waals surface area contributed by atoms with Crippen LogP contribution in [0.1, 0.15) is 38.2 Å². The number of nitrogens with one attached hydrogen (secondary N) is 1. The lowest BCUT2D eigenvalue weighted by molar-refractivity contribution is 0.463. The third-order valence-electron chi connectivity index (χ3n) is 3.64. The van der Waals surface area contributed by atoms with Crippen LogP contribution in [0.2, 0.25) is 0 Å². The number of halogens is 3. The summed E-state index contributed by atoms with van der Waals surface area (Å²) in [6, 6.07) is 3.25. The second-order valence-corrected chi connectivity index (χ2v) is 6.37. The highest BCUT2D eigenvalue weighted by atomic mass is 79.9. The molecule has 0 aliphatic heterocycles. The standard InChI is InChI=1S/C15H20BrF2N/c1-10(6-7-19-12-4-5-12)2-3-11-8-15(18)13(16)9-14(11)17/h8-10,12,19H,2-7H2,1H3. The zero-order chi connectivity index (χ0) is 13.8. The lowest BCUT2D eigenvalue weighted by atomic mass is 9.98. The minimum Gasteiger partial charge on any atom is -0.314 e. The summed E-state index contributed by atoms with van der Waals surface area (Å²) in [6.45, 7) is 3.20. The van der Waals surface area contributed by atoms with Crippen molar-refractivity contribution in [3.63, 3.8) is 0 Å². The van der Waals surface area contributed by atoms with Crippen molar-refractivity contribution in [3.05, 3.63) is 33.8 Å². The summed E-state index contributed by atoms with van der Waals surface area (Å²) in [5.74, 6) is -0.187. The Morgan fingerprint density at radius 1 is 1.26 bits per heavy atom. The molecule has 1 fully saturated rings. The topological polar surface area (TPSA) is 12.0 Å². The highest BCUT2D eigenvalue weighted by Crippen LogP contribution is 2.23. The van der Waals surface area contributed by atoms with Crippen LogP contribution in [-0.4, -0.2) is 12.6 Å². The highest BCUT2D eigenvalue weighted by Gasteiger charge is 2.20. The molecule has 0 heterocycles. The molecule has 1 N–H and O–H groups in total. The minimum absolute atomic E-state index is 0.190. The van der Waals surface area contributed by atoms with Gasteiger partial charge in [-0.05, 0) is 78.2 Å². The molecule has 4 heteroatoms. The van der Waals surface area contributed by atoms with E-state index >= 15 is 0 Å². The van der Waals surface area contributed by atoms with Gasteiger partial charge in [0.1, 0.15) is 11.6 Å². The van der Waals surface area contributed by atoms with Crippen LogP contribution in [0.15, 0.2) is 16.6 Å². The molecule has 0 radical (unpaired) electrons. The van der Waals surface area contributed by atoms with E-state index in [2.05, 4.69) is 28.2 Å². The van der Waals surface area contributed by atoms with E-state index in [0.717, 1.165) is 25.4 Å². The Bertz CT molecular complexity index is 432. The van der Waals surface area contributed by atoms with Gasteiger partial charge in [-0.1, -0.05) is 6.92 Å². The maximum atomic E-state index is 13.6. The van der Waals surface area contributed by atoms with Crippen LogP contribution < -0.4 is 5.32 Å². The molecule has 1 nitrogen and oxygen atoms in total. The van der Waals surface area contributed by atoms with E-state index < -0.39 is 0 Å². The number of rotatable bonds is 7. The minimum atomic E-state index is -0.389. The van der Waals surface area contributed by atoms with Gasteiger partial charge in [0.05, 0.1) is 4.47 Å². The number of hydrogen-bond acceptors (Lipinski definition) is 1. The summed E-state index contributed by atoms with van der Waals surface area (Å²) in [6.07, 6.45) is 5.19. The van der Waals surface area contributed by atoms with E-state index in [0.29, 0.717) is 17.9 Å². The fourth-order valence-electron chi connectivity index (χ4n) is 2.12. The van der Waals surface area contributed by atoms with E-state index in [1.807, 2.05) is 0 Å². The highest BCUT2D eigenvalue weighted by molar-refractivity contribution is 9.10. The monoisotopic (exact) mass is 331 g/mol. The fourth-order valence-corrected chi connectivity index (χ4v) is 2.44. The quantitative estimate of drug-likeness (QED) is 0.728. The Morgan fingerprint density at radius 2 is 2.00 bits per heavy atom. The smallest absolute Gasteiger partial charge is 0.137 e. The van der Waals surface area contributed by atoms with Gasteiger partial charge in [-0.3, -0.25) is 0 Å². The Balaban J connectivity index is 1.75. The Kier molecular flexibility index (Phi) is 5.34. The van der Waals surface area contributed by atoms with Gasteiger partial charge in [0, 0.05) is 6.04 Å². The predicted molar refractivity (Wildman–Crippen MR) is 77.2 cm³/mol. The number of hydrogen-bond donors (Lipinski definition) is 1. The van der Waals surface area contributed by atoms with Crippen LogP contribution in [0, 0.1) is 17.6 Å². The molecule has 1 aromatic carbocycles. The molecule has 19 heavy (non-hydrogen) atoms. The summed E-state index contributed by atoms with van der Waals surface area (Å²) >= 11 is 2.99. The molecule has 0 bridgehead atoms. The Labute approximate surface area is 121 Å². The molecule has 2 rings (SSSR count). The number of aryl methyl sites for hydroxylation is 1. The maximum Gasteiger partial charge on any atom is 0.137 e. The first kappa shape index (κ1) is 14.9. The second-order valence-electron chi connectivity index (χ2n) is 5.52. The molecule has 106 valence electrons. The molecule has 1 saturated carbocycles. The van der Waals surface area contributed by atoms with Gasteiger partial charge in [0.25, 0.3) is 0 Å². The molecule has 1 aromatic rings. The molecule has 0 spiro atoms. The van der Waals surface area contributed by atoms with E-state index in [1.165, 1.54) is 25.0 Å². The summed E-state index contributed by atoms with van der Waals surface area (Å²) < 4.78 is 27.2. The lowest BCUT2D eigenvalue weighted by Crippen LogP contribution is -2.19. The van der Waals surface area contributed by atoms with Gasteiger partial charge < -0.3 is 5.32 Å². The van der Waals surface area contributed by atoms with Crippen LogP contribution in [0.5, 0.6) is 0 Å². The Hall–Kier alpha value is -0.480. The first-order chi connectivity index (χ1) is 9.06. The SMILES string of the molecule is CC(CCNC1CC1)CCc1cc(F)c(Br)cc1F. The summed E-state index contributed by atoms with van der Waals surface area (Å²) in [5.41, 5.74) is 0.475. The van der Waals surface area contributed by atoms with Gasteiger partial charge in [0.15, 0.2) is 0 Å². The van der Waals surface area contributed by atoms with Crippen molar-refractivity contribution in [3.8, 4) is 0 Å². The fraction of sp³-hybridized carbons (Fsp3) is 0.600. The van der Waals surface area contributed by atoms with Crippen LogP contribution >= 0.6 is 15.9 Å². The predicted octanol–water partition coefficient (Wildman–Crippen LogP) is 4.44. The van der Waals surface area contributed by atoms with Crippen LogP contribution in [-0.2, 0) is 6.42 Å². The van der Waals surface area contributed by atoms with E-state index in [-0.39, 0.29) is 16.1 Å². The van der Waals surface area contributed by atoms with Crippen molar-refractivity contribution >= 4 is 15.9 Å². The van der Waals surface area contributed by atoms with Crippen LogP contribution in [0.25, 0.3) is 0 Å². The van der Waals surface area contributed by atoms with Crippen molar-refractivity contribution in [2.24, 2.45) is 5.92 Å². The normalized spacial score (nSPS) is 16.6. The third-order valence-corrected chi connectivity index (χ3v) is 4.25. The molecule has 1 aliphatic carbocycles. The zero-order valence-corrected chi connectivity index (χ0v) is 12.8. The average molecular weight is 332 g/mol. The zero-order valence-electron chi connectivity index (χ0n) is 11.2. The molecule has 1 atom stereocenters. The van der Waals surface area contributed by atoms with Gasteiger partial charge in [-0.2, -0.15) is 0 Å². The van der Waals surface area contributed by atoms with Crippen molar-refractivity contribution in [2.45, 2.75) is 45.1 Å². The first-order valence-electron chi connectivity index (χ1n) is 6.93. The van der Waals surface area contributed by atoms with Crippen molar-refractivity contribution in [1.82, 2.24) is 5.32 Å². The summed E-state index contributed by atoms with van der Waals surface area (Å²) in [7, 11) is 0. The van der Waals surface area contributed by atoms with Crippen molar-refractivity contribution < 1.29 is 8.78 Å². The molecular formula is C15H20BrF2N. The van der Waals surface area contributed by atoms with Gasteiger partial charge in [0.2, 0.25) is 0 Å². The average Bonchev–Trinajstić information content (AvgIpc) is 3.16. The second kappa shape index (κ2) is 6.80. The molecule has 1 unspecified atom stereocenters. The molecule has 1 aliphatic rings. The van der Waals surface area contributed by atoms with E-state index in [9.17, 15) is 8.78 Å². The third kappa shape index (κ3) is 4.84. The molecule has 0 aromatic heterocycles. The summed E-state index contributed by atoms with van der Waals surface area (Å²) in [4.78, 5) is 0. The van der Waals surface area contributed by atoms with E-state index in [1.54, 1.807) is 0 Å². The summed E-state index contributed by atoms with van der Waals surface area (Å²) in [5, 5.41) is 3.47. The van der Waals surface area contributed by atoms with Crippen LogP contribution in [0.3, 0.4) is 0 Å². The first-order valence-corrected chi connectivity index (χ1v) is 7.72. The Morgan fingerprint density at radius 3 is 2.68 bits per heavy atom. The van der Waals surface area contributed by atoms with E-state index in [4.69, 9.17) is 0 Å². The maximum absolute atomic E-state index is 13.6. The largest absolute Gasteiger partial charge is 0.314 e. The van der Waals surface area contributed by atoms with Gasteiger partial charge in [-0.25, -0.2) is 8.78 Å². The van der Waals surface area contributed by atoms with Crippen LogP contribution in [0.4, 0.5) is 8.78 Å².